The molecule has 0 aromatic carbocycles. The first-order chi connectivity index (χ1) is 37.4. The summed E-state index contributed by atoms with van der Waals surface area (Å²) in [5.41, 5.74) is 33.3. The Hall–Kier alpha value is -5.14. The molecule has 3 aliphatic heterocycles. The van der Waals surface area contributed by atoms with Crippen LogP contribution in [-0.2, 0) is 28.4 Å². The van der Waals surface area contributed by atoms with E-state index in [1.807, 2.05) is 0 Å². The highest BCUT2D eigenvalue weighted by atomic mass is 16.8. The summed E-state index contributed by atoms with van der Waals surface area (Å²) in [7, 11) is 0. The van der Waals surface area contributed by atoms with E-state index in [1.165, 1.54) is 0 Å². The zero-order valence-electron chi connectivity index (χ0n) is 42.8. The van der Waals surface area contributed by atoms with E-state index in [2.05, 4.69) is 63.8 Å². The van der Waals surface area contributed by atoms with Gasteiger partial charge >= 0.3 is 36.2 Å². The summed E-state index contributed by atoms with van der Waals surface area (Å²) in [6, 6.07) is -11.1. The van der Waals surface area contributed by atoms with Crippen LogP contribution in [-0.4, -0.2) is 286 Å². The van der Waals surface area contributed by atoms with Crippen molar-refractivity contribution in [3.05, 3.63) is 0 Å². The molecule has 3 saturated heterocycles. The molecule has 450 valence electrons. The van der Waals surface area contributed by atoms with Gasteiger partial charge in [-0.15, -0.1) is 0 Å². The molecule has 31 N–H and O–H groups in total. The monoisotopic (exact) mass is 1130 g/mol. The molecule has 0 aromatic heterocycles. The first kappa shape index (κ1) is 65.4. The van der Waals surface area contributed by atoms with E-state index < -0.39 is 172 Å². The molecule has 0 aromatic rings. The van der Waals surface area contributed by atoms with Crippen LogP contribution in [0.2, 0.25) is 0 Å². The van der Waals surface area contributed by atoms with Crippen molar-refractivity contribution in [2.75, 3.05) is 98.2 Å². The van der Waals surface area contributed by atoms with Crippen LogP contribution in [0.5, 0.6) is 0 Å². The number of ether oxygens (including phenoxy) is 6. The quantitative estimate of drug-likeness (QED) is 0.0363. The number of aliphatic hydroxyl groups is 7. The van der Waals surface area contributed by atoms with Gasteiger partial charge < -0.3 is 162 Å². The first-order valence-electron chi connectivity index (χ1n) is 25.4. The van der Waals surface area contributed by atoms with E-state index in [1.54, 1.807) is 0 Å². The third kappa shape index (κ3) is 19.0. The second-order valence-electron chi connectivity index (χ2n) is 18.2. The van der Waals surface area contributed by atoms with Crippen LogP contribution in [0, 0.1) is 0 Å². The summed E-state index contributed by atoms with van der Waals surface area (Å²) in [5, 5.41) is 110. The summed E-state index contributed by atoms with van der Waals surface area (Å²) in [5.74, 6) is 0. The largest absolute Gasteiger partial charge is 0.394 e. The molecule has 0 spiro atoms. The molecule has 78 heavy (non-hydrogen) atoms. The molecule has 1 saturated carbocycles. The van der Waals surface area contributed by atoms with Gasteiger partial charge in [0.1, 0.15) is 85.3 Å². The fourth-order valence-corrected chi connectivity index (χ4v) is 8.62. The second-order valence-corrected chi connectivity index (χ2v) is 18.2. The molecule has 3 heterocycles. The molecule has 37 heteroatoms. The molecule has 4 aliphatic rings. The van der Waals surface area contributed by atoms with Gasteiger partial charge in [-0.05, 0) is 6.42 Å². The molecular formula is C41H82N18O19. The fraction of sp³-hybridized carbons (Fsp3) is 0.854. The maximum absolute atomic E-state index is 13.5. The number of nitrogens with two attached hydrogens (primary N) is 6. The van der Waals surface area contributed by atoms with E-state index in [-0.39, 0.29) is 85.0 Å². The maximum atomic E-state index is 13.5. The van der Waals surface area contributed by atoms with E-state index in [0.717, 1.165) is 0 Å². The molecular weight excluding hydrogens is 1050 g/mol. The third-order valence-electron chi connectivity index (χ3n) is 12.5. The minimum atomic E-state index is -2.03. The molecule has 0 radical (unpaired) electrons. The minimum Gasteiger partial charge on any atom is -0.394 e. The second kappa shape index (κ2) is 33.4. The summed E-state index contributed by atoms with van der Waals surface area (Å²) < 4.78 is 37.2. The highest BCUT2D eigenvalue weighted by Crippen LogP contribution is 2.36. The average Bonchev–Trinajstić information content (AvgIpc) is 3.79. The summed E-state index contributed by atoms with van der Waals surface area (Å²) >= 11 is 0. The van der Waals surface area contributed by atoms with E-state index in [0.29, 0.717) is 0 Å². The summed E-state index contributed by atoms with van der Waals surface area (Å²) in [6.45, 7) is -1.66. The number of carbonyl (C=O) groups excluding carboxylic acids is 6. The van der Waals surface area contributed by atoms with Crippen molar-refractivity contribution in [3.8, 4) is 0 Å². The zero-order valence-corrected chi connectivity index (χ0v) is 42.8. The number of hydrogen-bond acceptors (Lipinski definition) is 25. The van der Waals surface area contributed by atoms with Crippen LogP contribution in [0.25, 0.3) is 0 Å². The van der Waals surface area contributed by atoms with E-state index in [4.69, 9.17) is 62.8 Å². The molecule has 4 fully saturated rings. The van der Waals surface area contributed by atoms with Gasteiger partial charge in [0, 0.05) is 91.6 Å². The van der Waals surface area contributed by atoms with E-state index in [9.17, 15) is 64.5 Å². The van der Waals surface area contributed by atoms with Crippen LogP contribution in [0.3, 0.4) is 0 Å². The van der Waals surface area contributed by atoms with Crippen molar-refractivity contribution in [3.63, 3.8) is 0 Å². The number of rotatable bonds is 27. The van der Waals surface area contributed by atoms with Crippen LogP contribution >= 0.6 is 0 Å². The summed E-state index contributed by atoms with van der Waals surface area (Å²) in [4.78, 5) is 77.7. The predicted molar refractivity (Wildman–Crippen MR) is 267 cm³/mol. The molecule has 19 unspecified atom stereocenters. The lowest BCUT2D eigenvalue weighted by Crippen LogP contribution is -2.71. The Morgan fingerprint density at radius 3 is 1.13 bits per heavy atom. The third-order valence-corrected chi connectivity index (χ3v) is 12.5. The maximum Gasteiger partial charge on any atom is 0.315 e. The van der Waals surface area contributed by atoms with Crippen LogP contribution in [0.4, 0.5) is 28.8 Å². The molecule has 19 atom stereocenters. The van der Waals surface area contributed by atoms with Crippen molar-refractivity contribution in [2.45, 2.75) is 123 Å². The lowest BCUT2D eigenvalue weighted by atomic mass is 9.83. The van der Waals surface area contributed by atoms with Crippen LogP contribution in [0.1, 0.15) is 6.42 Å². The van der Waals surface area contributed by atoms with Gasteiger partial charge in [-0.25, -0.2) is 28.8 Å². The van der Waals surface area contributed by atoms with Crippen LogP contribution in [0.15, 0.2) is 0 Å². The lowest BCUT2D eigenvalue weighted by Gasteiger charge is -2.49. The highest BCUT2D eigenvalue weighted by Gasteiger charge is 2.56. The van der Waals surface area contributed by atoms with Gasteiger partial charge in [-0.3, -0.25) is 0 Å². The zero-order chi connectivity index (χ0) is 57.5. The molecule has 1 aliphatic carbocycles. The normalized spacial score (nSPS) is 33.6. The van der Waals surface area contributed by atoms with Crippen molar-refractivity contribution in [1.29, 1.82) is 0 Å². The Morgan fingerprint density at radius 1 is 0.385 bits per heavy atom. The van der Waals surface area contributed by atoms with Gasteiger partial charge in [0.05, 0.1) is 18.7 Å². The van der Waals surface area contributed by atoms with Gasteiger partial charge in [0.2, 0.25) is 0 Å². The predicted octanol–water partition coefficient (Wildman–Crippen LogP) is -13.1. The topological polar surface area (TPSA) is 600 Å². The molecule has 4 rings (SSSR count). The summed E-state index contributed by atoms with van der Waals surface area (Å²) in [6.07, 6.45) is -27.3. The van der Waals surface area contributed by atoms with Gasteiger partial charge in [0.25, 0.3) is 0 Å². The number of urea groups is 6. The SMILES string of the molecule is NCCNC(=O)NCC1OC(OC2C(CO)OC(OC3C(O)C(NC(=O)NCCN)CC(NC(=O)NCCN)C3OC3OC(CNC(=O)NCCN)C(O)C(O)C3NC(=O)NCCN)C2O)C(NC(=O)NCCN)C(O)C1O. The molecule has 0 bridgehead atoms. The van der Waals surface area contributed by atoms with Gasteiger partial charge in [-0.1, -0.05) is 0 Å². The Kier molecular flexibility index (Phi) is 28.0. The van der Waals surface area contributed by atoms with E-state index >= 15 is 0 Å². The number of aliphatic hydroxyl groups excluding tert-OH is 7. The van der Waals surface area contributed by atoms with Crippen molar-refractivity contribution < 1.29 is 92.9 Å². The van der Waals surface area contributed by atoms with Crippen molar-refractivity contribution >= 4 is 36.2 Å². The standard InChI is InChI=1S/C41H82N18O19/c42-1-7-48-36(67)54-14-19-25(62)27(64)22(58-40(71)52-11-5-46)33(73-19)76-30-18(57-39(70)51-10-4-45)13-17(56-38(69)50-9-3-44)24(61)32(30)78-35-29(66)31(21(16-60)75-35)77-34-23(59-41(72)53-12-6-47)28(65)26(63)20(74-34)15-55-37(68)49-8-2-43/h17-35,60-66H,1-16,42-47H2,(H2,48,54,67)(H2,49,55,68)(H2,50,56,69)(H2,51,57,70)(H2,52,58,71)(H2,53,59,72). The smallest absolute Gasteiger partial charge is 0.315 e. The fourth-order valence-electron chi connectivity index (χ4n) is 8.62. The van der Waals surface area contributed by atoms with Gasteiger partial charge in [0.15, 0.2) is 18.9 Å². The highest BCUT2D eigenvalue weighted by molar-refractivity contribution is 5.76. The van der Waals surface area contributed by atoms with Crippen LogP contribution < -0.4 is 98.2 Å². The Morgan fingerprint density at radius 2 is 0.731 bits per heavy atom. The Bertz CT molecular complexity index is 1860. The number of hydrogen-bond donors (Lipinski definition) is 25. The van der Waals surface area contributed by atoms with Gasteiger partial charge in [-0.2, -0.15) is 0 Å². The first-order valence-corrected chi connectivity index (χ1v) is 25.4. The molecule has 37 nitrogen and oxygen atoms in total. The Labute approximate surface area is 447 Å². The number of amides is 12. The lowest BCUT2D eigenvalue weighted by molar-refractivity contribution is -0.310. The number of nitrogens with one attached hydrogen (secondary N) is 12. The van der Waals surface area contributed by atoms with Crippen molar-refractivity contribution in [1.82, 2.24) is 63.8 Å². The average molecular weight is 1130 g/mol. The Balaban J connectivity index is 1.78. The van der Waals surface area contributed by atoms with Crippen molar-refractivity contribution in [2.24, 2.45) is 34.4 Å². The molecule has 12 amide bonds. The number of carbonyl (C=O) groups is 6. The minimum absolute atomic E-state index is 0.00749.